The number of carbonyl (C=O) groups excluding carboxylic acids is 2. The maximum absolute atomic E-state index is 12.7. The topological polar surface area (TPSA) is 58.6 Å². The number of ether oxygens (including phenoxy) is 1. The summed E-state index contributed by atoms with van der Waals surface area (Å²) in [6.07, 6.45) is -3.89. The Kier molecular flexibility index (Phi) is 7.03. The molecule has 0 aliphatic rings. The smallest absolute Gasteiger partial charge is 0.416 e. The van der Waals surface area contributed by atoms with Crippen LogP contribution >= 0.6 is 0 Å². The molecule has 150 valence electrons. The van der Waals surface area contributed by atoms with E-state index in [9.17, 15) is 22.8 Å². The van der Waals surface area contributed by atoms with Gasteiger partial charge in [-0.05, 0) is 48.4 Å². The Morgan fingerprint density at radius 2 is 1.79 bits per heavy atom. The maximum atomic E-state index is 12.7. The zero-order valence-electron chi connectivity index (χ0n) is 15.5. The number of nitrogens with zero attached hydrogens (tertiary/aromatic N) is 1. The van der Waals surface area contributed by atoms with E-state index in [0.29, 0.717) is 18.7 Å². The highest BCUT2D eigenvalue weighted by Gasteiger charge is 2.30. The molecule has 0 fully saturated rings. The molecule has 0 radical (unpaired) electrons. The highest BCUT2D eigenvalue weighted by Crippen LogP contribution is 2.30. The first-order valence-electron chi connectivity index (χ1n) is 8.55. The summed E-state index contributed by atoms with van der Waals surface area (Å²) >= 11 is 0. The van der Waals surface area contributed by atoms with Crippen LogP contribution in [0.3, 0.4) is 0 Å². The van der Waals surface area contributed by atoms with Crippen molar-refractivity contribution in [3.05, 3.63) is 59.7 Å². The lowest BCUT2D eigenvalue weighted by atomic mass is 10.1. The average Bonchev–Trinajstić information content (AvgIpc) is 2.65. The molecule has 1 N–H and O–H groups in total. The van der Waals surface area contributed by atoms with Crippen molar-refractivity contribution in [2.75, 3.05) is 25.1 Å². The van der Waals surface area contributed by atoms with Crippen molar-refractivity contribution in [2.24, 2.45) is 0 Å². The summed E-state index contributed by atoms with van der Waals surface area (Å²) in [5, 5.41) is 2.71. The zero-order valence-corrected chi connectivity index (χ0v) is 15.5. The molecule has 0 bridgehead atoms. The van der Waals surface area contributed by atoms with Crippen LogP contribution in [0.1, 0.15) is 18.1 Å². The van der Waals surface area contributed by atoms with E-state index in [1.807, 2.05) is 24.3 Å². The molecule has 28 heavy (non-hydrogen) atoms. The van der Waals surface area contributed by atoms with Crippen LogP contribution in [0.25, 0.3) is 0 Å². The summed E-state index contributed by atoms with van der Waals surface area (Å²) in [6.45, 7) is 1.32. The summed E-state index contributed by atoms with van der Waals surface area (Å²) in [5.74, 6) is -0.130. The SMILES string of the molecule is COc1cccc(CCNC(=O)CN(C(C)=O)c2ccc(C(F)(F)F)cc2)c1. The van der Waals surface area contributed by atoms with Crippen molar-refractivity contribution in [1.29, 1.82) is 0 Å². The highest BCUT2D eigenvalue weighted by atomic mass is 19.4. The molecule has 0 aliphatic carbocycles. The van der Waals surface area contributed by atoms with E-state index >= 15 is 0 Å². The van der Waals surface area contributed by atoms with E-state index in [0.717, 1.165) is 22.6 Å². The average molecular weight is 394 g/mol. The Bertz CT molecular complexity index is 820. The summed E-state index contributed by atoms with van der Waals surface area (Å²) in [4.78, 5) is 25.1. The standard InChI is InChI=1S/C20H21F3N2O3/c1-14(26)25(17-8-6-16(7-9-17)20(21,22)23)13-19(27)24-11-10-15-4-3-5-18(12-15)28-2/h3-9,12H,10-11,13H2,1-2H3,(H,24,27). The molecule has 0 heterocycles. The van der Waals surface area contributed by atoms with Crippen molar-refractivity contribution in [1.82, 2.24) is 5.32 Å². The van der Waals surface area contributed by atoms with Crippen molar-refractivity contribution in [3.63, 3.8) is 0 Å². The third kappa shape index (κ3) is 6.00. The molecule has 2 amide bonds. The number of benzene rings is 2. The van der Waals surface area contributed by atoms with Crippen molar-refractivity contribution >= 4 is 17.5 Å². The third-order valence-electron chi connectivity index (χ3n) is 4.06. The van der Waals surface area contributed by atoms with Crippen LogP contribution in [-0.4, -0.2) is 32.0 Å². The summed E-state index contributed by atoms with van der Waals surface area (Å²) in [6, 6.07) is 11.5. The van der Waals surface area contributed by atoms with Gasteiger partial charge in [-0.1, -0.05) is 12.1 Å². The van der Waals surface area contributed by atoms with Crippen LogP contribution in [0.2, 0.25) is 0 Å². The van der Waals surface area contributed by atoms with E-state index < -0.39 is 23.6 Å². The van der Waals surface area contributed by atoms with Gasteiger partial charge in [-0.3, -0.25) is 9.59 Å². The summed E-state index contributed by atoms with van der Waals surface area (Å²) in [7, 11) is 1.57. The fourth-order valence-electron chi connectivity index (χ4n) is 2.59. The van der Waals surface area contributed by atoms with E-state index in [1.165, 1.54) is 19.1 Å². The number of amides is 2. The number of carbonyl (C=O) groups is 2. The molecular weight excluding hydrogens is 373 g/mol. The molecule has 8 heteroatoms. The molecule has 0 spiro atoms. The predicted molar refractivity (Wildman–Crippen MR) is 99.2 cm³/mol. The quantitative estimate of drug-likeness (QED) is 0.783. The Morgan fingerprint density at radius 3 is 2.36 bits per heavy atom. The van der Waals surface area contributed by atoms with Crippen LogP contribution in [-0.2, 0) is 22.2 Å². The van der Waals surface area contributed by atoms with Gasteiger partial charge in [0.05, 0.1) is 12.7 Å². The minimum absolute atomic E-state index is 0.225. The second kappa shape index (κ2) is 9.25. The van der Waals surface area contributed by atoms with Crippen molar-refractivity contribution < 1.29 is 27.5 Å². The van der Waals surface area contributed by atoms with Gasteiger partial charge in [0, 0.05) is 19.2 Å². The highest BCUT2D eigenvalue weighted by molar-refractivity contribution is 5.97. The molecule has 0 aliphatic heterocycles. The van der Waals surface area contributed by atoms with Gasteiger partial charge in [0.25, 0.3) is 0 Å². The molecule has 5 nitrogen and oxygen atoms in total. The molecular formula is C20H21F3N2O3. The largest absolute Gasteiger partial charge is 0.497 e. The lowest BCUT2D eigenvalue weighted by molar-refractivity contribution is -0.137. The van der Waals surface area contributed by atoms with E-state index in [1.54, 1.807) is 7.11 Å². The molecule has 2 rings (SSSR count). The lowest BCUT2D eigenvalue weighted by Gasteiger charge is -2.21. The van der Waals surface area contributed by atoms with Crippen LogP contribution in [0.4, 0.5) is 18.9 Å². The predicted octanol–water partition coefficient (Wildman–Crippen LogP) is 3.43. The monoisotopic (exact) mass is 394 g/mol. The minimum atomic E-state index is -4.46. The second-order valence-corrected chi connectivity index (χ2v) is 6.10. The molecule has 0 saturated heterocycles. The summed E-state index contributed by atoms with van der Waals surface area (Å²) < 4.78 is 43.1. The first-order valence-corrected chi connectivity index (χ1v) is 8.55. The fraction of sp³-hybridized carbons (Fsp3) is 0.300. The van der Waals surface area contributed by atoms with Gasteiger partial charge in [-0.25, -0.2) is 0 Å². The Hall–Kier alpha value is -3.03. The Morgan fingerprint density at radius 1 is 1.11 bits per heavy atom. The molecule has 0 atom stereocenters. The molecule has 0 unspecified atom stereocenters. The van der Waals surface area contributed by atoms with E-state index in [-0.39, 0.29) is 12.2 Å². The van der Waals surface area contributed by atoms with Crippen LogP contribution < -0.4 is 15.0 Å². The van der Waals surface area contributed by atoms with Gasteiger partial charge >= 0.3 is 6.18 Å². The van der Waals surface area contributed by atoms with Gasteiger partial charge in [0.1, 0.15) is 12.3 Å². The fourth-order valence-corrected chi connectivity index (χ4v) is 2.59. The molecule has 2 aromatic rings. The van der Waals surface area contributed by atoms with E-state index in [4.69, 9.17) is 4.74 Å². The van der Waals surface area contributed by atoms with Crippen LogP contribution in [0.5, 0.6) is 5.75 Å². The van der Waals surface area contributed by atoms with Crippen LogP contribution in [0.15, 0.2) is 48.5 Å². The molecule has 0 aromatic heterocycles. The first-order chi connectivity index (χ1) is 13.2. The number of alkyl halides is 3. The number of methoxy groups -OCH3 is 1. The zero-order chi connectivity index (χ0) is 20.7. The Labute approximate surface area is 161 Å². The number of hydrogen-bond donors (Lipinski definition) is 1. The van der Waals surface area contributed by atoms with Gasteiger partial charge in [0.15, 0.2) is 0 Å². The number of hydrogen-bond acceptors (Lipinski definition) is 3. The normalized spacial score (nSPS) is 11.0. The third-order valence-corrected chi connectivity index (χ3v) is 4.06. The number of halogens is 3. The first kappa shape index (κ1) is 21.3. The lowest BCUT2D eigenvalue weighted by Crippen LogP contribution is -2.40. The van der Waals surface area contributed by atoms with E-state index in [2.05, 4.69) is 5.32 Å². The van der Waals surface area contributed by atoms with Gasteiger partial charge in [-0.2, -0.15) is 13.2 Å². The van der Waals surface area contributed by atoms with Crippen molar-refractivity contribution in [3.8, 4) is 5.75 Å². The number of rotatable bonds is 7. The maximum Gasteiger partial charge on any atom is 0.416 e. The van der Waals surface area contributed by atoms with Gasteiger partial charge in [-0.15, -0.1) is 0 Å². The summed E-state index contributed by atoms with van der Waals surface area (Å²) in [5.41, 5.74) is 0.386. The molecule has 2 aromatic carbocycles. The van der Waals surface area contributed by atoms with Gasteiger partial charge in [0.2, 0.25) is 11.8 Å². The Balaban J connectivity index is 1.94. The minimum Gasteiger partial charge on any atom is -0.497 e. The second-order valence-electron chi connectivity index (χ2n) is 6.10. The van der Waals surface area contributed by atoms with Crippen LogP contribution in [0, 0.1) is 0 Å². The molecule has 0 saturated carbocycles. The number of anilines is 1. The van der Waals surface area contributed by atoms with Crippen molar-refractivity contribution in [2.45, 2.75) is 19.5 Å². The van der Waals surface area contributed by atoms with Gasteiger partial charge < -0.3 is 15.0 Å². The number of nitrogens with one attached hydrogen (secondary N) is 1.